The Morgan fingerprint density at radius 3 is 1.88 bits per heavy atom. The highest BCUT2D eigenvalue weighted by Crippen LogP contribution is 2.42. The number of aromatic nitrogens is 6. The molecule has 0 saturated heterocycles. The van der Waals surface area contributed by atoms with E-state index in [4.69, 9.17) is 0 Å². The average Bonchev–Trinajstić information content (AvgIpc) is 3.45. The van der Waals surface area contributed by atoms with Crippen molar-refractivity contribution >= 4 is 83.7 Å². The Kier molecular flexibility index (Phi) is 10.2. The van der Waals surface area contributed by atoms with Crippen LogP contribution in [0.4, 0.5) is 0 Å². The molecule has 3 aromatic rings. The summed E-state index contributed by atoms with van der Waals surface area (Å²) in [6, 6.07) is 0. The molecule has 0 spiro atoms. The molecule has 0 saturated carbocycles. The maximum atomic E-state index is 12.8. The van der Waals surface area contributed by atoms with Crippen LogP contribution in [0.1, 0.15) is 38.5 Å². The lowest BCUT2D eigenvalue weighted by Gasteiger charge is -2.11. The molecule has 0 unspecified atom stereocenters. The van der Waals surface area contributed by atoms with Gasteiger partial charge in [0.15, 0.2) is 17.4 Å². The van der Waals surface area contributed by atoms with Crippen LogP contribution in [0, 0.1) is 0 Å². The van der Waals surface area contributed by atoms with E-state index in [1.165, 1.54) is 4.57 Å². The first-order chi connectivity index (χ1) is 16.1. The van der Waals surface area contributed by atoms with Crippen LogP contribution in [0.3, 0.4) is 0 Å². The second kappa shape index (κ2) is 13.1. The topological polar surface area (TPSA) is 95.6 Å². The molecule has 8 nitrogen and oxygen atoms in total. The summed E-state index contributed by atoms with van der Waals surface area (Å²) in [5.74, 6) is 1.89. The van der Waals surface area contributed by atoms with E-state index in [0.717, 1.165) is 67.4 Å². The molecule has 1 aliphatic rings. The van der Waals surface area contributed by atoms with E-state index in [1.54, 1.807) is 78.5 Å². The van der Waals surface area contributed by atoms with Crippen LogP contribution in [-0.2, 0) is 13.1 Å². The van der Waals surface area contributed by atoms with E-state index in [-0.39, 0.29) is 11.2 Å². The molecule has 4 rings (SSSR count). The average molecular weight is 626 g/mol. The van der Waals surface area contributed by atoms with E-state index >= 15 is 0 Å². The third-order valence-electron chi connectivity index (χ3n) is 4.68. The van der Waals surface area contributed by atoms with Crippen molar-refractivity contribution in [2.24, 2.45) is 0 Å². The normalized spacial score (nSPS) is 17.0. The second-order valence-corrected chi connectivity index (χ2v) is 15.2. The SMILES string of the molecule is O=c1c(Br)cn2c(=O)n1CCCCCSc1nnc(s1)SSc1nnc(s1)SCCCCC2. The lowest BCUT2D eigenvalue weighted by molar-refractivity contribution is 0.502. The Hall–Kier alpha value is -0.320. The van der Waals surface area contributed by atoms with Crippen LogP contribution in [0.25, 0.3) is 0 Å². The summed E-state index contributed by atoms with van der Waals surface area (Å²) < 4.78 is 7.22. The number of rotatable bonds is 0. The molecular formula is C18H21BrN6O2S6. The summed E-state index contributed by atoms with van der Waals surface area (Å²) in [6.45, 7) is 1.05. The Morgan fingerprint density at radius 2 is 1.27 bits per heavy atom. The van der Waals surface area contributed by atoms with Gasteiger partial charge >= 0.3 is 5.69 Å². The number of halogens is 1. The van der Waals surface area contributed by atoms with Crippen molar-refractivity contribution in [2.45, 2.75) is 69.0 Å². The van der Waals surface area contributed by atoms with Gasteiger partial charge in [-0.1, -0.05) is 59.0 Å². The largest absolute Gasteiger partial charge is 0.331 e. The summed E-state index contributed by atoms with van der Waals surface area (Å²) in [5.41, 5.74) is -0.469. The van der Waals surface area contributed by atoms with Gasteiger partial charge in [0.05, 0.1) is 4.47 Å². The van der Waals surface area contributed by atoms with Crippen LogP contribution in [0.5, 0.6) is 0 Å². The standard InChI is InChI=1S/C18H21BrN6O2S6/c19-12-11-24-7-3-1-5-9-28-14-20-22-16(30-14)32-33-17-23-21-15(31-17)29-10-6-2-4-8-25(13(12)26)18(24)27/h11H,1-10H2. The predicted octanol–water partition coefficient (Wildman–Crippen LogP) is 5.51. The zero-order valence-corrected chi connectivity index (χ0v) is 24.0. The van der Waals surface area contributed by atoms with Crippen molar-refractivity contribution in [3.63, 3.8) is 0 Å². The fourth-order valence-corrected chi connectivity index (χ4v) is 10.0. The van der Waals surface area contributed by atoms with Crippen molar-refractivity contribution in [3.8, 4) is 0 Å². The van der Waals surface area contributed by atoms with E-state index < -0.39 is 0 Å². The molecule has 6 bridgehead atoms. The van der Waals surface area contributed by atoms with E-state index in [1.807, 2.05) is 0 Å². The third kappa shape index (κ3) is 7.58. The van der Waals surface area contributed by atoms with Crippen molar-refractivity contribution in [2.75, 3.05) is 11.5 Å². The summed E-state index contributed by atoms with van der Waals surface area (Å²) >= 11 is 9.94. The molecule has 0 N–H and O–H groups in total. The number of aryl methyl sites for hydroxylation is 1. The molecule has 178 valence electrons. The lowest BCUT2D eigenvalue weighted by Crippen LogP contribution is -2.40. The molecule has 0 amide bonds. The van der Waals surface area contributed by atoms with Crippen LogP contribution in [0.15, 0.2) is 37.6 Å². The molecular weight excluding hydrogens is 605 g/mol. The molecule has 3 aromatic heterocycles. The first-order valence-corrected chi connectivity index (χ1v) is 16.9. The molecule has 0 fully saturated rings. The fourth-order valence-electron chi connectivity index (χ4n) is 3.05. The molecule has 0 aromatic carbocycles. The first-order valence-electron chi connectivity index (χ1n) is 10.4. The van der Waals surface area contributed by atoms with Crippen molar-refractivity contribution in [1.82, 2.24) is 29.5 Å². The molecule has 0 aliphatic carbocycles. The highest BCUT2D eigenvalue weighted by molar-refractivity contribution is 9.10. The van der Waals surface area contributed by atoms with Crippen molar-refractivity contribution in [3.05, 3.63) is 31.5 Å². The molecule has 33 heavy (non-hydrogen) atoms. The Balaban J connectivity index is 1.43. The van der Waals surface area contributed by atoms with Crippen LogP contribution >= 0.6 is 83.7 Å². The highest BCUT2D eigenvalue weighted by atomic mass is 79.9. The summed E-state index contributed by atoms with van der Waals surface area (Å²) in [7, 11) is 3.15. The number of thioether (sulfide) groups is 2. The van der Waals surface area contributed by atoms with Gasteiger partial charge in [0.1, 0.15) is 0 Å². The van der Waals surface area contributed by atoms with Gasteiger partial charge in [0.25, 0.3) is 5.56 Å². The minimum Gasteiger partial charge on any atom is -0.299 e. The maximum Gasteiger partial charge on any atom is 0.331 e. The van der Waals surface area contributed by atoms with Crippen molar-refractivity contribution in [1.29, 1.82) is 0 Å². The number of hydrogen-bond acceptors (Lipinski definition) is 12. The fraction of sp³-hybridized carbons (Fsp3) is 0.556. The minimum atomic E-state index is -0.249. The van der Waals surface area contributed by atoms with E-state index in [9.17, 15) is 9.59 Å². The maximum absolute atomic E-state index is 12.8. The molecule has 0 radical (unpaired) electrons. The van der Waals surface area contributed by atoms with E-state index in [0.29, 0.717) is 17.6 Å². The molecule has 4 heterocycles. The summed E-state index contributed by atoms with van der Waals surface area (Å²) in [4.78, 5) is 25.3. The van der Waals surface area contributed by atoms with E-state index in [2.05, 4.69) is 36.3 Å². The molecule has 1 aliphatic heterocycles. The van der Waals surface area contributed by atoms with Gasteiger partial charge < -0.3 is 0 Å². The minimum absolute atomic E-state index is 0.219. The second-order valence-electron chi connectivity index (χ2n) is 7.06. The number of nitrogens with zero attached hydrogens (tertiary/aromatic N) is 6. The highest BCUT2D eigenvalue weighted by Gasteiger charge is 2.12. The Labute approximate surface area is 223 Å². The van der Waals surface area contributed by atoms with Gasteiger partial charge in [-0.25, -0.2) is 4.79 Å². The number of fused-ring (bicyclic) bond motifs is 6. The van der Waals surface area contributed by atoms with Crippen molar-refractivity contribution < 1.29 is 0 Å². The smallest absolute Gasteiger partial charge is 0.299 e. The van der Waals surface area contributed by atoms with Gasteiger partial charge in [-0.15, -0.1) is 20.4 Å². The number of hydrogen-bond donors (Lipinski definition) is 0. The summed E-state index contributed by atoms with van der Waals surface area (Å²) in [5, 5.41) is 17.1. The Bertz CT molecular complexity index is 1180. The quantitative estimate of drug-likeness (QED) is 0.298. The monoisotopic (exact) mass is 624 g/mol. The van der Waals surface area contributed by atoms with Crippen LogP contribution < -0.4 is 11.2 Å². The van der Waals surface area contributed by atoms with Gasteiger partial charge in [-0.3, -0.25) is 13.9 Å². The summed E-state index contributed by atoms with van der Waals surface area (Å²) in [6.07, 6.45) is 7.28. The van der Waals surface area contributed by atoms with Gasteiger partial charge in [0.2, 0.25) is 0 Å². The predicted molar refractivity (Wildman–Crippen MR) is 143 cm³/mol. The van der Waals surface area contributed by atoms with Gasteiger partial charge in [0, 0.05) is 30.8 Å². The zero-order valence-electron chi connectivity index (χ0n) is 17.5. The molecule has 0 atom stereocenters. The van der Waals surface area contributed by atoms with Gasteiger partial charge in [-0.2, -0.15) is 0 Å². The Morgan fingerprint density at radius 1 is 0.727 bits per heavy atom. The van der Waals surface area contributed by atoms with Crippen LogP contribution in [0.2, 0.25) is 0 Å². The van der Waals surface area contributed by atoms with Gasteiger partial charge in [-0.05, 0) is 63.2 Å². The van der Waals surface area contributed by atoms with Crippen LogP contribution in [-0.4, -0.2) is 41.0 Å². The third-order valence-corrected chi connectivity index (χ3v) is 12.5. The zero-order chi connectivity index (χ0) is 23.0. The lowest BCUT2D eigenvalue weighted by atomic mass is 10.2. The first kappa shape index (κ1) is 25.8. The molecule has 15 heteroatoms.